The third kappa shape index (κ3) is 2.91. The van der Waals surface area contributed by atoms with Crippen molar-refractivity contribution in [2.24, 2.45) is 0 Å². The molecule has 0 aliphatic heterocycles. The van der Waals surface area contributed by atoms with E-state index in [1.807, 2.05) is 0 Å². The van der Waals surface area contributed by atoms with Crippen molar-refractivity contribution in [1.82, 2.24) is 0 Å². The number of benzene rings is 3. The molecule has 0 unspecified atom stereocenters. The molecule has 0 aliphatic rings. The normalized spacial score (nSPS) is 10.8. The first-order chi connectivity index (χ1) is 10.3. The van der Waals surface area contributed by atoms with E-state index in [0.29, 0.717) is 0 Å². The number of hydrogen-bond acceptors (Lipinski definition) is 0. The summed E-state index contributed by atoms with van der Waals surface area (Å²) in [5, 5.41) is 1.49. The molecule has 0 amide bonds. The zero-order valence-corrected chi connectivity index (χ0v) is 13.3. The van der Waals surface area contributed by atoms with Crippen LogP contribution in [-0.4, -0.2) is 13.3 Å². The number of rotatable bonds is 3. The summed E-state index contributed by atoms with van der Waals surface area (Å²) in [6.07, 6.45) is 0. The third-order valence-corrected chi connectivity index (χ3v) is 5.03. The monoisotopic (exact) mass is 290 g/mol. The molecular weight excluding hydrogens is 271 g/mol. The second kappa shape index (κ2) is 6.24. The Labute approximate surface area is 128 Å². The van der Waals surface area contributed by atoms with Crippen molar-refractivity contribution in [3.05, 3.63) is 78.9 Å². The highest BCUT2D eigenvalue weighted by atomic mass is 31.1. The summed E-state index contributed by atoms with van der Waals surface area (Å²) < 4.78 is 0. The Morgan fingerprint density at radius 3 is 1.33 bits per heavy atom. The molecule has 0 fully saturated rings. The van der Waals surface area contributed by atoms with E-state index in [1.165, 1.54) is 27.6 Å². The minimum absolute atomic E-state index is 0.184. The Kier molecular flexibility index (Phi) is 4.18. The topological polar surface area (TPSA) is 0 Å². The molecule has 0 atom stereocenters. The highest BCUT2D eigenvalue weighted by Crippen LogP contribution is 2.36. The average molecular weight is 290 g/mol. The van der Waals surface area contributed by atoms with Gasteiger partial charge in [-0.2, -0.15) is 0 Å². The summed E-state index contributed by atoms with van der Waals surface area (Å²) in [5.74, 6) is 0. The summed E-state index contributed by atoms with van der Waals surface area (Å²) in [4.78, 5) is 0. The van der Waals surface area contributed by atoms with Crippen LogP contribution >= 0.6 is 7.92 Å². The van der Waals surface area contributed by atoms with Crippen LogP contribution in [0.3, 0.4) is 0 Å². The average Bonchev–Trinajstić information content (AvgIpc) is 2.55. The van der Waals surface area contributed by atoms with E-state index in [0.717, 1.165) is 0 Å². The van der Waals surface area contributed by atoms with Gasteiger partial charge in [0.2, 0.25) is 0 Å². The smallest absolute Gasteiger partial charge is 0.00895 e. The van der Waals surface area contributed by atoms with Crippen LogP contribution in [-0.2, 0) is 0 Å². The first-order valence-corrected chi connectivity index (χ1v) is 9.42. The van der Waals surface area contributed by atoms with Crippen LogP contribution < -0.4 is 5.30 Å². The van der Waals surface area contributed by atoms with Crippen LogP contribution in [0.5, 0.6) is 0 Å². The van der Waals surface area contributed by atoms with Crippen molar-refractivity contribution in [3.8, 4) is 22.3 Å². The Morgan fingerprint density at radius 1 is 0.524 bits per heavy atom. The molecule has 3 aromatic rings. The van der Waals surface area contributed by atoms with E-state index < -0.39 is 0 Å². The molecule has 0 saturated carbocycles. The first kappa shape index (κ1) is 14.0. The van der Waals surface area contributed by atoms with Crippen molar-refractivity contribution in [3.63, 3.8) is 0 Å². The van der Waals surface area contributed by atoms with Crippen LogP contribution in [0.1, 0.15) is 0 Å². The van der Waals surface area contributed by atoms with E-state index in [9.17, 15) is 0 Å². The molecular formula is C20H19P. The molecule has 0 radical (unpaired) electrons. The van der Waals surface area contributed by atoms with E-state index in [-0.39, 0.29) is 7.92 Å². The molecule has 0 saturated heterocycles. The minimum Gasteiger partial charge on any atom is -0.0803 e. The van der Waals surface area contributed by atoms with E-state index in [2.05, 4.69) is 92.2 Å². The summed E-state index contributed by atoms with van der Waals surface area (Å²) >= 11 is 0. The van der Waals surface area contributed by atoms with Gasteiger partial charge in [0.05, 0.1) is 0 Å². The lowest BCUT2D eigenvalue weighted by molar-refractivity contribution is 1.61. The van der Waals surface area contributed by atoms with Gasteiger partial charge in [0.15, 0.2) is 0 Å². The van der Waals surface area contributed by atoms with E-state index in [1.54, 1.807) is 0 Å². The second-order valence-electron chi connectivity index (χ2n) is 5.33. The van der Waals surface area contributed by atoms with Crippen molar-refractivity contribution in [2.45, 2.75) is 0 Å². The Hall–Kier alpha value is -1.91. The standard InChI is InChI=1S/C20H19P/c1-21(2)20-18(16-10-5-3-6-11-16)14-9-15-19(20)17-12-7-4-8-13-17/h3-15H,1-2H3. The SMILES string of the molecule is CP(C)c1c(-c2ccccc2)cccc1-c1ccccc1. The lowest BCUT2D eigenvalue weighted by Gasteiger charge is -2.18. The van der Waals surface area contributed by atoms with Crippen molar-refractivity contribution in [2.75, 3.05) is 13.3 Å². The van der Waals surface area contributed by atoms with E-state index >= 15 is 0 Å². The molecule has 21 heavy (non-hydrogen) atoms. The first-order valence-electron chi connectivity index (χ1n) is 7.18. The highest BCUT2D eigenvalue weighted by Gasteiger charge is 2.14. The van der Waals surface area contributed by atoms with Crippen molar-refractivity contribution in [1.29, 1.82) is 0 Å². The summed E-state index contributed by atoms with van der Waals surface area (Å²) in [7, 11) is -0.184. The van der Waals surface area contributed by atoms with Crippen LogP contribution in [0.25, 0.3) is 22.3 Å². The van der Waals surface area contributed by atoms with Gasteiger partial charge in [-0.15, -0.1) is 0 Å². The van der Waals surface area contributed by atoms with Gasteiger partial charge < -0.3 is 0 Å². The van der Waals surface area contributed by atoms with Crippen LogP contribution in [0, 0.1) is 0 Å². The minimum atomic E-state index is -0.184. The van der Waals surface area contributed by atoms with Crippen LogP contribution in [0.4, 0.5) is 0 Å². The van der Waals surface area contributed by atoms with Gasteiger partial charge >= 0.3 is 0 Å². The third-order valence-electron chi connectivity index (χ3n) is 3.65. The largest absolute Gasteiger partial charge is 0.0803 e. The van der Waals surface area contributed by atoms with Gasteiger partial charge in [-0.05, 0) is 40.9 Å². The van der Waals surface area contributed by atoms with Gasteiger partial charge in [0, 0.05) is 0 Å². The Balaban J connectivity index is 2.24. The Morgan fingerprint density at radius 2 is 0.952 bits per heavy atom. The molecule has 0 spiro atoms. The fraction of sp³-hybridized carbons (Fsp3) is 0.100. The van der Waals surface area contributed by atoms with Crippen LogP contribution in [0.2, 0.25) is 0 Å². The molecule has 1 heteroatoms. The highest BCUT2D eigenvalue weighted by molar-refractivity contribution is 7.64. The quantitative estimate of drug-likeness (QED) is 0.567. The van der Waals surface area contributed by atoms with Crippen molar-refractivity contribution >= 4 is 13.2 Å². The molecule has 0 aromatic heterocycles. The zero-order valence-electron chi connectivity index (χ0n) is 12.5. The fourth-order valence-electron chi connectivity index (χ4n) is 2.73. The maximum atomic E-state index is 2.34. The Bertz CT molecular complexity index is 658. The molecule has 0 N–H and O–H groups in total. The van der Waals surface area contributed by atoms with Gasteiger partial charge in [-0.25, -0.2) is 0 Å². The van der Waals surface area contributed by atoms with Gasteiger partial charge in [0.1, 0.15) is 0 Å². The fourth-order valence-corrected chi connectivity index (χ4v) is 4.10. The number of hydrogen-bond donors (Lipinski definition) is 0. The second-order valence-corrected chi connectivity index (χ2v) is 7.56. The molecule has 3 rings (SSSR count). The predicted octanol–water partition coefficient (Wildman–Crippen LogP) is 5.39. The molecule has 3 aromatic carbocycles. The maximum absolute atomic E-state index is 2.34. The lowest BCUT2D eigenvalue weighted by Crippen LogP contribution is -2.08. The summed E-state index contributed by atoms with van der Waals surface area (Å²) in [6.45, 7) is 4.67. The molecule has 0 heterocycles. The zero-order chi connectivity index (χ0) is 14.7. The molecule has 0 bridgehead atoms. The molecule has 104 valence electrons. The molecule has 0 aliphatic carbocycles. The van der Waals surface area contributed by atoms with Gasteiger partial charge in [0.25, 0.3) is 0 Å². The van der Waals surface area contributed by atoms with Crippen LogP contribution in [0.15, 0.2) is 78.9 Å². The van der Waals surface area contributed by atoms with Crippen molar-refractivity contribution < 1.29 is 0 Å². The lowest BCUT2D eigenvalue weighted by atomic mass is 9.99. The van der Waals surface area contributed by atoms with E-state index in [4.69, 9.17) is 0 Å². The maximum Gasteiger partial charge on any atom is -0.00895 e. The predicted molar refractivity (Wildman–Crippen MR) is 95.7 cm³/mol. The van der Waals surface area contributed by atoms with Gasteiger partial charge in [-0.3, -0.25) is 0 Å². The molecule has 0 nitrogen and oxygen atoms in total. The van der Waals surface area contributed by atoms with Gasteiger partial charge in [-0.1, -0.05) is 86.8 Å². The summed E-state index contributed by atoms with van der Waals surface area (Å²) in [5.41, 5.74) is 5.35. The summed E-state index contributed by atoms with van der Waals surface area (Å²) in [6, 6.07) is 28.1.